The van der Waals surface area contributed by atoms with Gasteiger partial charge in [0.25, 0.3) is 0 Å². The van der Waals surface area contributed by atoms with Gasteiger partial charge in [-0.05, 0) is 0 Å². The molecule has 211 valence electrons. The third-order valence-electron chi connectivity index (χ3n) is 0. The van der Waals surface area contributed by atoms with Gasteiger partial charge in [0.1, 0.15) is 0 Å². The normalized spacial score (nSPS) is 11.1. The predicted octanol–water partition coefficient (Wildman–Crippen LogP) is 0.451. The maximum atomic E-state index is 10.4. The summed E-state index contributed by atoms with van der Waals surface area (Å²) in [6.45, 7) is 0. The van der Waals surface area contributed by atoms with Gasteiger partial charge in [-0.3, -0.25) is 58.7 Å². The van der Waals surface area contributed by atoms with Crippen molar-refractivity contribution in [2.75, 3.05) is 0 Å². The molecule has 0 unspecified atom stereocenters. The van der Waals surface area contributed by atoms with Crippen molar-refractivity contribution >= 4 is 47.4 Å². The molecule has 0 aromatic heterocycles. The van der Waals surface area contributed by atoms with Crippen LogP contribution in [-0.2, 0) is 44.5 Å². The summed E-state index contributed by atoms with van der Waals surface area (Å²) in [5.74, 6) is 0. The summed E-state index contributed by atoms with van der Waals surface area (Å²) in [7, 11) is -30.8. The molecule has 0 aliphatic carbocycles. The van der Waals surface area contributed by atoms with Crippen LogP contribution in [0, 0.1) is 0 Å². The van der Waals surface area contributed by atoms with Crippen LogP contribution in [0.1, 0.15) is 0 Å². The topological polar surface area (TPSA) is 380 Å². The molecule has 0 aromatic carbocycles. The summed E-state index contributed by atoms with van der Waals surface area (Å²) in [6.07, 6.45) is 0. The summed E-state index contributed by atoms with van der Waals surface area (Å²) in [5, 5.41) is 0. The fourth-order valence-corrected chi connectivity index (χ4v) is 0. The van der Waals surface area contributed by atoms with E-state index in [1.165, 1.54) is 0 Å². The first-order valence-corrected chi connectivity index (χ1v) is 13.5. The van der Waals surface area contributed by atoms with Gasteiger partial charge < -0.3 is 6.15 Å². The second-order valence-corrected chi connectivity index (χ2v) is 8.51. The molecule has 0 rings (SSSR count). The summed E-state index contributed by atoms with van der Waals surface area (Å²) in [4.78, 5) is 83.6. The number of rotatable bonds is 0. The van der Waals surface area contributed by atoms with E-state index in [9.17, 15) is 25.2 Å². The van der Waals surface area contributed by atoms with Gasteiger partial charge in [-0.15, -0.1) is 25.2 Å². The third-order valence-corrected chi connectivity index (χ3v) is 0. The van der Waals surface area contributed by atoms with E-state index in [4.69, 9.17) is 86.1 Å². The first kappa shape index (κ1) is 54.0. The number of halogens is 6. The molecule has 15 N–H and O–H groups in total. The zero-order chi connectivity index (χ0) is 27.0. The fraction of sp³-hybridized carbons (Fsp3) is 0. The van der Waals surface area contributed by atoms with Crippen LogP contribution in [0.25, 0.3) is 0 Å². The van der Waals surface area contributed by atoms with E-state index in [0.29, 0.717) is 0 Å². The van der Waals surface area contributed by atoms with Crippen molar-refractivity contribution in [1.29, 1.82) is 0 Å². The van der Waals surface area contributed by atoms with Gasteiger partial charge in [0, 0.05) is 17.1 Å². The molecule has 0 bridgehead atoms. The Labute approximate surface area is 182 Å². The minimum atomic E-state index is -5.14. The van der Waals surface area contributed by atoms with Gasteiger partial charge in [0.05, 0.1) is 0 Å². The zero-order valence-electron chi connectivity index (χ0n) is 13.8. The van der Waals surface area contributed by atoms with Gasteiger partial charge in [0.2, 0.25) is 0 Å². The van der Waals surface area contributed by atoms with Crippen molar-refractivity contribution < 1.29 is 128 Å². The largest absolute Gasteiger partial charge is 0.507 e. The van der Waals surface area contributed by atoms with Crippen LogP contribution >= 0.6 is 47.4 Å². The van der Waals surface area contributed by atoms with Crippen molar-refractivity contribution in [2.24, 2.45) is 0 Å². The van der Waals surface area contributed by atoms with Crippen LogP contribution < -0.4 is 6.15 Å². The molecule has 0 spiro atoms. The maximum absolute atomic E-state index is 10.4. The second-order valence-electron chi connectivity index (χ2n) is 2.84. The van der Waals surface area contributed by atoms with E-state index in [1.807, 2.05) is 0 Å². The standard InChI is InChI=1S/Cu.6FH2O3P.H3N/c;6*1-5(2,3)4;/h;6*(H2,2,3,4);1H3. The molecule has 0 saturated heterocycles. The van der Waals surface area contributed by atoms with E-state index in [0.717, 1.165) is 0 Å². The maximum Gasteiger partial charge on any atom is 0.507 e. The molecule has 0 aliphatic heterocycles. The molecular weight excluding hydrogens is 665 g/mol. The molecule has 0 atom stereocenters. The van der Waals surface area contributed by atoms with Crippen LogP contribution in [0.2, 0.25) is 0 Å². The Hall–Kier alpha value is 0.959. The number of hydrogen-bond donors (Lipinski definition) is 13. The van der Waals surface area contributed by atoms with E-state index in [2.05, 4.69) is 0 Å². The minimum absolute atomic E-state index is 0. The molecule has 1 radical (unpaired) electrons. The third kappa shape index (κ3) is 30200. The Balaban J connectivity index is -0.0000000356. The summed E-state index contributed by atoms with van der Waals surface area (Å²) in [6, 6.07) is 0. The van der Waals surface area contributed by atoms with Gasteiger partial charge in [0.15, 0.2) is 0 Å². The van der Waals surface area contributed by atoms with Crippen LogP contribution in [0.4, 0.5) is 25.2 Å². The summed E-state index contributed by atoms with van der Waals surface area (Å²) in [5.41, 5.74) is 0. The smallest absolute Gasteiger partial charge is 0.344 e. The molecule has 0 saturated carbocycles. The average Bonchev–Trinajstić information content (AvgIpc) is 1.94. The Morgan fingerprint density at radius 3 is 0.312 bits per heavy atom. The monoisotopic (exact) mass is 680 g/mol. The molecule has 19 nitrogen and oxygen atoms in total. The Morgan fingerprint density at radius 1 is 0.312 bits per heavy atom. The van der Waals surface area contributed by atoms with Crippen LogP contribution in [-0.4, -0.2) is 58.7 Å². The van der Waals surface area contributed by atoms with Crippen molar-refractivity contribution in [3.8, 4) is 0 Å². The van der Waals surface area contributed by atoms with Crippen molar-refractivity contribution in [2.45, 2.75) is 0 Å². The minimum Gasteiger partial charge on any atom is -0.344 e. The van der Waals surface area contributed by atoms with Crippen LogP contribution in [0.3, 0.4) is 0 Å². The van der Waals surface area contributed by atoms with E-state index >= 15 is 0 Å². The van der Waals surface area contributed by atoms with E-state index < -0.39 is 47.4 Å². The van der Waals surface area contributed by atoms with Gasteiger partial charge in [-0.25, -0.2) is 27.4 Å². The van der Waals surface area contributed by atoms with Crippen molar-refractivity contribution in [3.63, 3.8) is 0 Å². The van der Waals surface area contributed by atoms with Crippen molar-refractivity contribution in [1.82, 2.24) is 6.15 Å². The molecule has 0 amide bonds. The summed E-state index contributed by atoms with van der Waals surface area (Å²) < 4.78 is 114. The Morgan fingerprint density at radius 2 is 0.312 bits per heavy atom. The van der Waals surface area contributed by atoms with Gasteiger partial charge in [-0.2, -0.15) is 0 Å². The van der Waals surface area contributed by atoms with Crippen molar-refractivity contribution in [3.05, 3.63) is 0 Å². The van der Waals surface area contributed by atoms with Gasteiger partial charge in [-0.1, -0.05) is 0 Å². The van der Waals surface area contributed by atoms with Crippen LogP contribution in [0.5, 0.6) is 0 Å². The second kappa shape index (κ2) is 22.4. The molecule has 0 aliphatic rings. The molecule has 0 heterocycles. The SMILES string of the molecule is N.O=P(O)(O)F.O=P(O)(O)F.O=P(O)(O)F.O=P(O)(O)F.O=P(O)(O)F.O=P(O)(O)F.[Cu]. The van der Waals surface area contributed by atoms with Gasteiger partial charge >= 0.3 is 47.4 Å². The van der Waals surface area contributed by atoms with E-state index in [-0.39, 0.29) is 23.2 Å². The van der Waals surface area contributed by atoms with Crippen LogP contribution in [0.15, 0.2) is 0 Å². The first-order chi connectivity index (χ1) is 12.0. The predicted molar refractivity (Wildman–Crippen MR) is 83.9 cm³/mol. The Kier molecular flexibility index (Phi) is 37.9. The van der Waals surface area contributed by atoms with E-state index in [1.54, 1.807) is 0 Å². The summed E-state index contributed by atoms with van der Waals surface area (Å²) >= 11 is 0. The average molecular weight is 680 g/mol. The zero-order valence-corrected chi connectivity index (χ0v) is 20.1. The first-order valence-electron chi connectivity index (χ1n) is 4.51. The quantitative estimate of drug-likeness (QED) is 0.0937. The Bertz CT molecular complexity index is 486. The molecular formula is H15CuF6NO18P6. The molecule has 0 aromatic rings. The molecule has 0 fully saturated rings. The molecule has 32 heavy (non-hydrogen) atoms. The fourth-order valence-electron chi connectivity index (χ4n) is 0. The molecule has 32 heteroatoms. The number of hydrogen-bond acceptors (Lipinski definition) is 7.